The summed E-state index contributed by atoms with van der Waals surface area (Å²) in [6.45, 7) is 11.0. The highest BCUT2D eigenvalue weighted by Gasteiger charge is 2.47. The standard InChI is InChI=1S/C25H46N2O2/c1-6-7-8-9-10-11-12-13-14-15-16-20-17-22(28)27(23(20)29)21-18-24(2,3)26-25(4,5)19-21/h20-21,26H,6-19H2,1-5H3/t20-/m1/s1. The maximum Gasteiger partial charge on any atom is 0.233 e. The Morgan fingerprint density at radius 1 is 0.828 bits per heavy atom. The van der Waals surface area contributed by atoms with Crippen LogP contribution in [0.25, 0.3) is 0 Å². The van der Waals surface area contributed by atoms with Crippen molar-refractivity contribution in [3.05, 3.63) is 0 Å². The Kier molecular flexibility index (Phi) is 9.18. The van der Waals surface area contributed by atoms with Crippen LogP contribution >= 0.6 is 0 Å². The predicted octanol–water partition coefficient (Wildman–Crippen LogP) is 5.98. The monoisotopic (exact) mass is 406 g/mol. The minimum Gasteiger partial charge on any atom is -0.307 e. The number of piperidine rings is 1. The summed E-state index contributed by atoms with van der Waals surface area (Å²) in [5.74, 6) is 0.0904. The Hall–Kier alpha value is -0.900. The first kappa shape index (κ1) is 24.4. The minimum absolute atomic E-state index is 0.0407. The molecule has 0 bridgehead atoms. The number of likely N-dealkylation sites (tertiary alicyclic amines) is 1. The van der Waals surface area contributed by atoms with E-state index in [0.717, 1.165) is 25.7 Å². The van der Waals surface area contributed by atoms with Gasteiger partial charge in [0.25, 0.3) is 0 Å². The van der Waals surface area contributed by atoms with Crippen molar-refractivity contribution in [3.63, 3.8) is 0 Å². The first-order chi connectivity index (χ1) is 13.7. The number of unbranched alkanes of at least 4 members (excludes halogenated alkanes) is 9. The van der Waals surface area contributed by atoms with Crippen molar-refractivity contribution in [2.24, 2.45) is 5.92 Å². The van der Waals surface area contributed by atoms with Gasteiger partial charge in [0.05, 0.1) is 0 Å². The van der Waals surface area contributed by atoms with E-state index in [0.29, 0.717) is 6.42 Å². The molecule has 0 saturated carbocycles. The molecule has 4 heteroatoms. The summed E-state index contributed by atoms with van der Waals surface area (Å²) in [4.78, 5) is 27.3. The third-order valence-electron chi connectivity index (χ3n) is 6.72. The quantitative estimate of drug-likeness (QED) is 0.320. The van der Waals surface area contributed by atoms with Crippen LogP contribution in [0.4, 0.5) is 0 Å². The van der Waals surface area contributed by atoms with Crippen molar-refractivity contribution in [2.45, 2.75) is 142 Å². The van der Waals surface area contributed by atoms with Crippen molar-refractivity contribution in [1.82, 2.24) is 10.2 Å². The van der Waals surface area contributed by atoms with Crippen molar-refractivity contribution in [3.8, 4) is 0 Å². The van der Waals surface area contributed by atoms with Crippen LogP contribution in [0.15, 0.2) is 0 Å². The average Bonchev–Trinajstić information content (AvgIpc) is 2.87. The van der Waals surface area contributed by atoms with E-state index in [1.807, 2.05) is 0 Å². The number of imide groups is 1. The number of amides is 2. The molecule has 1 N–H and O–H groups in total. The Bertz CT molecular complexity index is 525. The summed E-state index contributed by atoms with van der Waals surface area (Å²) >= 11 is 0. The molecule has 168 valence electrons. The Labute approximate surface area is 179 Å². The van der Waals surface area contributed by atoms with Crippen LogP contribution < -0.4 is 5.32 Å². The van der Waals surface area contributed by atoms with Crippen LogP contribution in [0.5, 0.6) is 0 Å². The number of hydrogen-bond donors (Lipinski definition) is 1. The molecule has 0 radical (unpaired) electrons. The highest BCUT2D eigenvalue weighted by Crippen LogP contribution is 2.36. The topological polar surface area (TPSA) is 49.4 Å². The number of rotatable bonds is 12. The highest BCUT2D eigenvalue weighted by atomic mass is 16.2. The molecule has 2 aliphatic rings. The third-order valence-corrected chi connectivity index (χ3v) is 6.72. The summed E-state index contributed by atoms with van der Waals surface area (Å²) in [6.07, 6.45) is 16.0. The van der Waals surface area contributed by atoms with E-state index in [9.17, 15) is 9.59 Å². The van der Waals surface area contributed by atoms with Crippen LogP contribution in [0, 0.1) is 5.92 Å². The molecule has 0 aliphatic carbocycles. The van der Waals surface area contributed by atoms with Gasteiger partial charge in [-0.15, -0.1) is 0 Å². The Morgan fingerprint density at radius 2 is 1.31 bits per heavy atom. The van der Waals surface area contributed by atoms with Gasteiger partial charge in [-0.3, -0.25) is 14.5 Å². The van der Waals surface area contributed by atoms with Gasteiger partial charge in [-0.25, -0.2) is 0 Å². The molecule has 0 spiro atoms. The molecule has 2 amide bonds. The van der Waals surface area contributed by atoms with Gasteiger partial charge in [0.15, 0.2) is 0 Å². The summed E-state index contributed by atoms with van der Waals surface area (Å²) in [7, 11) is 0. The van der Waals surface area contributed by atoms with Crippen LogP contribution in [0.2, 0.25) is 0 Å². The van der Waals surface area contributed by atoms with E-state index in [4.69, 9.17) is 0 Å². The summed E-state index contributed by atoms with van der Waals surface area (Å²) in [5, 5.41) is 3.65. The van der Waals surface area contributed by atoms with Crippen LogP contribution in [-0.2, 0) is 9.59 Å². The van der Waals surface area contributed by atoms with E-state index in [1.165, 1.54) is 57.8 Å². The largest absolute Gasteiger partial charge is 0.307 e. The fourth-order valence-corrected chi connectivity index (χ4v) is 5.65. The number of hydrogen-bond acceptors (Lipinski definition) is 3. The maximum atomic E-state index is 13.0. The summed E-state index contributed by atoms with van der Waals surface area (Å²) in [5.41, 5.74) is -0.108. The molecule has 0 aromatic carbocycles. The van der Waals surface area contributed by atoms with Gasteiger partial charge in [-0.1, -0.05) is 71.1 Å². The molecule has 29 heavy (non-hydrogen) atoms. The van der Waals surface area contributed by atoms with Crippen molar-refractivity contribution in [1.29, 1.82) is 0 Å². The molecule has 4 nitrogen and oxygen atoms in total. The number of carbonyl (C=O) groups excluding carboxylic acids is 2. The molecule has 2 rings (SSSR count). The van der Waals surface area contributed by atoms with Crippen molar-refractivity contribution in [2.75, 3.05) is 0 Å². The molecule has 2 aliphatic heterocycles. The van der Waals surface area contributed by atoms with Crippen LogP contribution in [0.3, 0.4) is 0 Å². The zero-order chi connectivity index (χ0) is 21.5. The first-order valence-electron chi connectivity index (χ1n) is 12.3. The van der Waals surface area contributed by atoms with Gasteiger partial charge in [-0.05, 0) is 47.0 Å². The molecular formula is C25H46N2O2. The smallest absolute Gasteiger partial charge is 0.233 e. The molecule has 1 atom stereocenters. The molecule has 2 heterocycles. The molecular weight excluding hydrogens is 360 g/mol. The summed E-state index contributed by atoms with van der Waals surface area (Å²) in [6, 6.07) is 0.0407. The normalized spacial score (nSPS) is 24.4. The number of nitrogens with one attached hydrogen (secondary N) is 1. The van der Waals surface area contributed by atoms with E-state index in [-0.39, 0.29) is 34.9 Å². The van der Waals surface area contributed by atoms with Crippen molar-refractivity contribution < 1.29 is 9.59 Å². The fourth-order valence-electron chi connectivity index (χ4n) is 5.65. The van der Waals surface area contributed by atoms with Gasteiger partial charge in [0.1, 0.15) is 0 Å². The zero-order valence-electron chi connectivity index (χ0n) is 19.8. The van der Waals surface area contributed by atoms with Gasteiger partial charge in [0.2, 0.25) is 11.8 Å². The number of nitrogens with zero attached hydrogens (tertiary/aromatic N) is 1. The van der Waals surface area contributed by atoms with Crippen LogP contribution in [0.1, 0.15) is 125 Å². The Morgan fingerprint density at radius 3 is 1.83 bits per heavy atom. The van der Waals surface area contributed by atoms with Gasteiger partial charge in [-0.2, -0.15) is 0 Å². The fraction of sp³-hybridized carbons (Fsp3) is 0.920. The molecule has 0 unspecified atom stereocenters. The lowest BCUT2D eigenvalue weighted by Crippen LogP contribution is -2.62. The second-order valence-corrected chi connectivity index (χ2v) is 10.9. The first-order valence-corrected chi connectivity index (χ1v) is 12.3. The molecule has 2 fully saturated rings. The van der Waals surface area contributed by atoms with Crippen LogP contribution in [-0.4, -0.2) is 33.8 Å². The van der Waals surface area contributed by atoms with E-state index in [1.54, 1.807) is 4.90 Å². The van der Waals surface area contributed by atoms with E-state index < -0.39 is 0 Å². The minimum atomic E-state index is -0.0716. The summed E-state index contributed by atoms with van der Waals surface area (Å²) < 4.78 is 0. The highest BCUT2D eigenvalue weighted by molar-refractivity contribution is 6.03. The second-order valence-electron chi connectivity index (χ2n) is 10.9. The average molecular weight is 407 g/mol. The lowest BCUT2D eigenvalue weighted by atomic mass is 9.79. The predicted molar refractivity (Wildman–Crippen MR) is 121 cm³/mol. The van der Waals surface area contributed by atoms with Gasteiger partial charge < -0.3 is 5.32 Å². The lowest BCUT2D eigenvalue weighted by molar-refractivity contribution is -0.144. The van der Waals surface area contributed by atoms with Gasteiger partial charge in [0, 0.05) is 29.5 Å². The zero-order valence-corrected chi connectivity index (χ0v) is 19.8. The van der Waals surface area contributed by atoms with E-state index in [2.05, 4.69) is 39.9 Å². The molecule has 0 aromatic rings. The number of carbonyl (C=O) groups is 2. The third kappa shape index (κ3) is 7.70. The second kappa shape index (κ2) is 10.9. The van der Waals surface area contributed by atoms with E-state index >= 15 is 0 Å². The lowest BCUT2D eigenvalue weighted by Gasteiger charge is -2.48. The molecule has 2 saturated heterocycles. The Balaban J connectivity index is 1.70. The molecule has 0 aromatic heterocycles. The van der Waals surface area contributed by atoms with Crippen molar-refractivity contribution >= 4 is 11.8 Å². The maximum absolute atomic E-state index is 13.0. The van der Waals surface area contributed by atoms with Gasteiger partial charge >= 0.3 is 0 Å². The SMILES string of the molecule is CCCCCCCCCCCC[C@@H]1CC(=O)N(C2CC(C)(C)NC(C)(C)C2)C1=O.